The van der Waals surface area contributed by atoms with Crippen molar-refractivity contribution in [2.75, 3.05) is 23.3 Å². The first kappa shape index (κ1) is 19.0. The molecule has 0 atom stereocenters. The molecule has 0 saturated carbocycles. The minimum absolute atomic E-state index is 0.156. The summed E-state index contributed by atoms with van der Waals surface area (Å²) < 4.78 is 14.8. The number of carbonyl (C=O) groups excluding carboxylic acids is 1. The maximum absolute atomic E-state index is 13.3. The average Bonchev–Trinajstić information content (AvgIpc) is 3.14. The van der Waals surface area contributed by atoms with E-state index in [0.717, 1.165) is 28.4 Å². The number of hydrogen-bond donors (Lipinski definition) is 2. The first-order valence-corrected chi connectivity index (χ1v) is 10.6. The largest absolute Gasteiger partial charge is 0.348 e. The van der Waals surface area contributed by atoms with Crippen LogP contribution in [0, 0.1) is 17.1 Å². The first-order chi connectivity index (χ1) is 13.5. The van der Waals surface area contributed by atoms with Crippen LogP contribution in [-0.4, -0.2) is 29.7 Å². The van der Waals surface area contributed by atoms with Crippen molar-refractivity contribution in [3.05, 3.63) is 52.8 Å². The van der Waals surface area contributed by atoms with E-state index in [0.29, 0.717) is 23.0 Å². The smallest absolute Gasteiger partial charge is 0.200 e. The monoisotopic (exact) mass is 460 g/mol. The maximum atomic E-state index is 13.3. The van der Waals surface area contributed by atoms with Crippen molar-refractivity contribution in [2.24, 2.45) is 5.92 Å². The molecule has 2 aromatic carbocycles. The third-order valence-corrected chi connectivity index (χ3v) is 6.56. The number of para-hydroxylation sites is 1. The van der Waals surface area contributed by atoms with Gasteiger partial charge in [0.15, 0.2) is 11.0 Å². The van der Waals surface area contributed by atoms with E-state index >= 15 is 0 Å². The van der Waals surface area contributed by atoms with Crippen LogP contribution in [0.25, 0.3) is 10.2 Å². The van der Waals surface area contributed by atoms with Crippen LogP contribution < -0.4 is 10.2 Å². The third-order valence-electron chi connectivity index (χ3n) is 4.85. The molecule has 3 aromatic rings. The molecule has 0 amide bonds. The number of ketones is 1. The van der Waals surface area contributed by atoms with Crippen molar-refractivity contribution in [1.82, 2.24) is 4.98 Å². The number of piperidine rings is 1. The highest BCUT2D eigenvalue weighted by Crippen LogP contribution is 2.31. The highest BCUT2D eigenvalue weighted by molar-refractivity contribution is 9.10. The maximum Gasteiger partial charge on any atom is 0.200 e. The minimum atomic E-state index is -0.384. The van der Waals surface area contributed by atoms with Crippen LogP contribution in [0.3, 0.4) is 0 Å². The van der Waals surface area contributed by atoms with Gasteiger partial charge < -0.3 is 10.2 Å². The minimum Gasteiger partial charge on any atom is -0.348 e. The molecule has 0 spiro atoms. The Labute approximate surface area is 174 Å². The molecule has 1 aliphatic heterocycles. The van der Waals surface area contributed by atoms with Gasteiger partial charge in [-0.2, -0.15) is 0 Å². The van der Waals surface area contributed by atoms with E-state index in [1.165, 1.54) is 18.2 Å². The molecule has 0 radical (unpaired) electrons. The van der Waals surface area contributed by atoms with E-state index in [2.05, 4.69) is 37.2 Å². The van der Waals surface area contributed by atoms with Crippen LogP contribution in [0.1, 0.15) is 12.8 Å². The lowest BCUT2D eigenvalue weighted by Crippen LogP contribution is -2.39. The number of amidine groups is 1. The van der Waals surface area contributed by atoms with Crippen LogP contribution in [0.2, 0.25) is 0 Å². The Balaban J connectivity index is 1.36. The number of carbonyl (C=O) groups is 1. The molecule has 0 unspecified atom stereocenters. The number of aromatic nitrogens is 1. The summed E-state index contributed by atoms with van der Waals surface area (Å²) in [7, 11) is 0. The van der Waals surface area contributed by atoms with E-state index in [-0.39, 0.29) is 23.4 Å². The van der Waals surface area contributed by atoms with Crippen molar-refractivity contribution in [3.8, 4) is 0 Å². The van der Waals surface area contributed by atoms with Gasteiger partial charge >= 0.3 is 0 Å². The Morgan fingerprint density at radius 1 is 1.25 bits per heavy atom. The first-order valence-electron chi connectivity index (χ1n) is 8.96. The van der Waals surface area contributed by atoms with Gasteiger partial charge in [-0.05, 0) is 59.1 Å². The molecule has 0 bridgehead atoms. The van der Waals surface area contributed by atoms with E-state index in [9.17, 15) is 9.18 Å². The Bertz CT molecular complexity index is 1010. The summed E-state index contributed by atoms with van der Waals surface area (Å²) in [4.78, 5) is 19.5. The number of Topliss-reactive ketones (excluding diaryl/α,β-unsaturated/α-hetero) is 1. The molecule has 0 aliphatic carbocycles. The molecule has 144 valence electrons. The third kappa shape index (κ3) is 3.93. The average molecular weight is 461 g/mol. The second-order valence-electron chi connectivity index (χ2n) is 6.72. The molecule has 1 fully saturated rings. The molecular weight excluding hydrogens is 443 g/mol. The molecule has 8 heteroatoms. The predicted molar refractivity (Wildman–Crippen MR) is 115 cm³/mol. The number of halogens is 2. The van der Waals surface area contributed by atoms with E-state index in [1.807, 2.05) is 18.2 Å². The lowest BCUT2D eigenvalue weighted by atomic mass is 9.92. The van der Waals surface area contributed by atoms with Crippen LogP contribution in [-0.2, 0) is 4.79 Å². The summed E-state index contributed by atoms with van der Waals surface area (Å²) in [6.45, 7) is 1.48. The lowest BCUT2D eigenvalue weighted by Gasteiger charge is -2.31. The fraction of sp³-hybridized carbons (Fsp3) is 0.250. The molecule has 28 heavy (non-hydrogen) atoms. The Hall–Kier alpha value is -2.32. The zero-order chi connectivity index (χ0) is 19.7. The Kier molecular flexibility index (Phi) is 5.41. The standard InChI is InChI=1S/C20H18BrFN4OS/c21-14-11-13(5-6-15(14)22)24-19(23)18(27)12-7-9-26(10-8-12)20-25-16-3-1-2-4-17(16)28-20/h1-6,11-12H,7-10H2,(H2,23,24). The highest BCUT2D eigenvalue weighted by Gasteiger charge is 2.28. The van der Waals surface area contributed by atoms with Gasteiger partial charge in [0.05, 0.1) is 14.7 Å². The van der Waals surface area contributed by atoms with E-state index in [1.54, 1.807) is 11.3 Å². The topological polar surface area (TPSA) is 69.1 Å². The molecule has 1 aromatic heterocycles. The quantitative estimate of drug-likeness (QED) is 0.421. The molecule has 1 aliphatic rings. The molecule has 2 heterocycles. The number of anilines is 2. The fourth-order valence-corrected chi connectivity index (χ4v) is 4.71. The predicted octanol–water partition coefficient (Wildman–Crippen LogP) is 5.07. The normalized spacial score (nSPS) is 15.0. The second-order valence-corrected chi connectivity index (χ2v) is 8.58. The summed E-state index contributed by atoms with van der Waals surface area (Å²) in [6, 6.07) is 12.4. The molecule has 5 nitrogen and oxygen atoms in total. The SMILES string of the molecule is N=C(Nc1ccc(F)c(Br)c1)C(=O)C1CCN(c2nc3ccccc3s2)CC1. The molecule has 4 rings (SSSR count). The van der Waals surface area contributed by atoms with Gasteiger partial charge in [-0.25, -0.2) is 9.37 Å². The number of benzene rings is 2. The number of nitrogens with one attached hydrogen (secondary N) is 2. The number of nitrogens with zero attached hydrogens (tertiary/aromatic N) is 2. The summed E-state index contributed by atoms with van der Waals surface area (Å²) in [5, 5.41) is 11.9. The molecule has 1 saturated heterocycles. The van der Waals surface area contributed by atoms with Crippen LogP contribution in [0.5, 0.6) is 0 Å². The van der Waals surface area contributed by atoms with Gasteiger partial charge in [0.2, 0.25) is 5.78 Å². The van der Waals surface area contributed by atoms with Crippen molar-refractivity contribution in [1.29, 1.82) is 5.41 Å². The van der Waals surface area contributed by atoms with Gasteiger partial charge in [-0.1, -0.05) is 23.5 Å². The summed E-state index contributed by atoms with van der Waals surface area (Å²) >= 11 is 4.77. The summed E-state index contributed by atoms with van der Waals surface area (Å²) in [5.41, 5.74) is 1.51. The summed E-state index contributed by atoms with van der Waals surface area (Å²) in [6.07, 6.45) is 1.37. The van der Waals surface area contributed by atoms with Gasteiger partial charge in [0.25, 0.3) is 0 Å². The van der Waals surface area contributed by atoms with E-state index < -0.39 is 0 Å². The van der Waals surface area contributed by atoms with Crippen LogP contribution in [0.4, 0.5) is 15.2 Å². The number of fused-ring (bicyclic) bond motifs is 1. The van der Waals surface area contributed by atoms with Gasteiger partial charge in [-0.3, -0.25) is 10.2 Å². The number of rotatable bonds is 4. The number of thiazole rings is 1. The molecule has 2 N–H and O–H groups in total. The van der Waals surface area contributed by atoms with Crippen molar-refractivity contribution >= 4 is 59.9 Å². The van der Waals surface area contributed by atoms with Crippen molar-refractivity contribution < 1.29 is 9.18 Å². The Morgan fingerprint density at radius 2 is 2.00 bits per heavy atom. The van der Waals surface area contributed by atoms with Crippen molar-refractivity contribution in [2.45, 2.75) is 12.8 Å². The zero-order valence-corrected chi connectivity index (χ0v) is 17.3. The van der Waals surface area contributed by atoms with E-state index in [4.69, 9.17) is 5.41 Å². The second kappa shape index (κ2) is 7.97. The van der Waals surface area contributed by atoms with Crippen LogP contribution in [0.15, 0.2) is 46.9 Å². The van der Waals surface area contributed by atoms with Crippen LogP contribution >= 0.6 is 27.3 Å². The molecular formula is C20H18BrFN4OS. The fourth-order valence-electron chi connectivity index (χ4n) is 3.31. The van der Waals surface area contributed by atoms with Gasteiger partial charge in [0.1, 0.15) is 5.82 Å². The van der Waals surface area contributed by atoms with Gasteiger partial charge in [-0.15, -0.1) is 0 Å². The Morgan fingerprint density at radius 3 is 2.71 bits per heavy atom. The summed E-state index contributed by atoms with van der Waals surface area (Å²) in [5.74, 6) is -0.929. The number of hydrogen-bond acceptors (Lipinski definition) is 5. The lowest BCUT2D eigenvalue weighted by molar-refractivity contribution is -0.117. The zero-order valence-electron chi connectivity index (χ0n) is 14.9. The van der Waals surface area contributed by atoms with Crippen molar-refractivity contribution in [3.63, 3.8) is 0 Å². The highest BCUT2D eigenvalue weighted by atomic mass is 79.9. The van der Waals surface area contributed by atoms with Gasteiger partial charge in [0, 0.05) is 24.7 Å².